The van der Waals surface area contributed by atoms with Gasteiger partial charge in [-0.25, -0.2) is 0 Å². The Morgan fingerprint density at radius 2 is 2.13 bits per heavy atom. The topological polar surface area (TPSA) is 39.4 Å². The number of hydrogen-bond donors (Lipinski definition) is 0. The zero-order chi connectivity index (χ0) is 11.0. The first kappa shape index (κ1) is 10.1. The van der Waals surface area contributed by atoms with Crippen LogP contribution in [0, 0.1) is 0 Å². The number of hydrogen-bond acceptors (Lipinski definition) is 3. The van der Waals surface area contributed by atoms with Crippen LogP contribution < -0.4 is 4.74 Å². The van der Waals surface area contributed by atoms with Gasteiger partial charge in [-0.1, -0.05) is 11.6 Å². The van der Waals surface area contributed by atoms with Gasteiger partial charge in [-0.05, 0) is 12.1 Å². The first-order valence-electron chi connectivity index (χ1n) is 4.40. The molecule has 0 radical (unpaired) electrons. The molecule has 0 amide bonds. The summed E-state index contributed by atoms with van der Waals surface area (Å²) in [6, 6.07) is 5.00. The number of benzene rings is 1. The predicted octanol–water partition coefficient (Wildman–Crippen LogP) is 3.30. The largest absolute Gasteiger partial charge is 0.496 e. The molecule has 0 aliphatic rings. The van der Waals surface area contributed by atoms with Crippen molar-refractivity contribution >= 4 is 28.4 Å². The summed E-state index contributed by atoms with van der Waals surface area (Å²) >= 11 is 5.87. The SMILES string of the molecule is COc1cc(Cl)cc2oc(C(C)=O)cc12. The lowest BCUT2D eigenvalue weighted by Crippen LogP contribution is -1.86. The molecule has 1 heterocycles. The summed E-state index contributed by atoms with van der Waals surface area (Å²) in [4.78, 5) is 11.1. The van der Waals surface area contributed by atoms with Gasteiger partial charge in [-0.15, -0.1) is 0 Å². The lowest BCUT2D eigenvalue weighted by molar-refractivity contribution is 0.0989. The summed E-state index contributed by atoms with van der Waals surface area (Å²) in [5.41, 5.74) is 0.560. The third-order valence-corrected chi connectivity index (χ3v) is 2.35. The van der Waals surface area contributed by atoms with E-state index >= 15 is 0 Å². The molecule has 4 heteroatoms. The monoisotopic (exact) mass is 224 g/mol. The number of ketones is 1. The van der Waals surface area contributed by atoms with Crippen LogP contribution in [0.15, 0.2) is 22.6 Å². The number of fused-ring (bicyclic) bond motifs is 1. The second kappa shape index (κ2) is 3.59. The maximum Gasteiger partial charge on any atom is 0.194 e. The Labute approximate surface area is 91.6 Å². The van der Waals surface area contributed by atoms with Crippen molar-refractivity contribution in [1.82, 2.24) is 0 Å². The first-order chi connectivity index (χ1) is 7.11. The zero-order valence-electron chi connectivity index (χ0n) is 8.33. The molecular formula is C11H9ClO3. The van der Waals surface area contributed by atoms with Gasteiger partial charge in [0.1, 0.15) is 11.3 Å². The zero-order valence-corrected chi connectivity index (χ0v) is 9.09. The second-order valence-corrected chi connectivity index (χ2v) is 3.62. The molecule has 0 saturated heterocycles. The van der Waals surface area contributed by atoms with Gasteiger partial charge in [0.25, 0.3) is 0 Å². The van der Waals surface area contributed by atoms with Crippen molar-refractivity contribution in [2.24, 2.45) is 0 Å². The fraction of sp³-hybridized carbons (Fsp3) is 0.182. The number of halogens is 1. The number of carbonyl (C=O) groups is 1. The van der Waals surface area contributed by atoms with Gasteiger partial charge in [0.2, 0.25) is 0 Å². The molecule has 0 unspecified atom stereocenters. The number of rotatable bonds is 2. The third-order valence-electron chi connectivity index (χ3n) is 2.13. The van der Waals surface area contributed by atoms with Crippen molar-refractivity contribution in [2.75, 3.05) is 7.11 Å². The van der Waals surface area contributed by atoms with Crippen LogP contribution in [0.1, 0.15) is 17.5 Å². The molecule has 0 bridgehead atoms. The van der Waals surface area contributed by atoms with Crippen LogP contribution in [0.25, 0.3) is 11.0 Å². The number of carbonyl (C=O) groups excluding carboxylic acids is 1. The van der Waals surface area contributed by atoms with Crippen molar-refractivity contribution < 1.29 is 13.9 Å². The maximum atomic E-state index is 11.1. The molecule has 2 aromatic rings. The Bertz CT molecular complexity index is 528. The van der Waals surface area contributed by atoms with E-state index < -0.39 is 0 Å². The molecule has 2 rings (SSSR count). The van der Waals surface area contributed by atoms with Crippen LogP contribution in [0.4, 0.5) is 0 Å². The van der Waals surface area contributed by atoms with Crippen LogP contribution in [-0.2, 0) is 0 Å². The highest BCUT2D eigenvalue weighted by Crippen LogP contribution is 2.32. The van der Waals surface area contributed by atoms with E-state index in [2.05, 4.69) is 0 Å². The highest BCUT2D eigenvalue weighted by atomic mass is 35.5. The first-order valence-corrected chi connectivity index (χ1v) is 4.77. The molecular weight excluding hydrogens is 216 g/mol. The Morgan fingerprint density at radius 1 is 1.40 bits per heavy atom. The third kappa shape index (κ3) is 1.70. The van der Waals surface area contributed by atoms with Gasteiger partial charge in [-0.2, -0.15) is 0 Å². The Hall–Kier alpha value is -1.48. The van der Waals surface area contributed by atoms with Crippen molar-refractivity contribution in [3.05, 3.63) is 29.0 Å². The summed E-state index contributed by atoms with van der Waals surface area (Å²) in [7, 11) is 1.55. The minimum absolute atomic E-state index is 0.121. The van der Waals surface area contributed by atoms with E-state index in [0.717, 1.165) is 5.39 Å². The quantitative estimate of drug-likeness (QED) is 0.735. The number of Topliss-reactive ketones (excluding diaryl/α,β-unsaturated/α-hetero) is 1. The van der Waals surface area contributed by atoms with Crippen molar-refractivity contribution in [3.63, 3.8) is 0 Å². The van der Waals surface area contributed by atoms with E-state index in [4.69, 9.17) is 20.8 Å². The lowest BCUT2D eigenvalue weighted by atomic mass is 10.2. The molecule has 0 saturated carbocycles. The average molecular weight is 225 g/mol. The van der Waals surface area contributed by atoms with Crippen molar-refractivity contribution in [2.45, 2.75) is 6.92 Å². The lowest BCUT2D eigenvalue weighted by Gasteiger charge is -2.00. The van der Waals surface area contributed by atoms with E-state index in [-0.39, 0.29) is 5.78 Å². The van der Waals surface area contributed by atoms with Crippen LogP contribution in [-0.4, -0.2) is 12.9 Å². The second-order valence-electron chi connectivity index (χ2n) is 3.19. The molecule has 0 aliphatic carbocycles. The average Bonchev–Trinajstić information content (AvgIpc) is 2.59. The highest BCUT2D eigenvalue weighted by Gasteiger charge is 2.12. The summed E-state index contributed by atoms with van der Waals surface area (Å²) in [5, 5.41) is 1.27. The standard InChI is InChI=1S/C11H9ClO3/c1-6(13)9-5-8-10(14-2)3-7(12)4-11(8)15-9/h3-5H,1-2H3. The van der Waals surface area contributed by atoms with Gasteiger partial charge >= 0.3 is 0 Å². The summed E-state index contributed by atoms with van der Waals surface area (Å²) in [6.07, 6.45) is 0. The molecule has 0 spiro atoms. The molecule has 3 nitrogen and oxygen atoms in total. The van der Waals surface area contributed by atoms with Gasteiger partial charge in [0.05, 0.1) is 12.5 Å². The highest BCUT2D eigenvalue weighted by molar-refractivity contribution is 6.31. The molecule has 0 aliphatic heterocycles. The summed E-state index contributed by atoms with van der Waals surface area (Å²) < 4.78 is 10.5. The number of ether oxygens (including phenoxy) is 1. The van der Waals surface area contributed by atoms with E-state index in [1.165, 1.54) is 6.92 Å². The Morgan fingerprint density at radius 3 is 2.73 bits per heavy atom. The van der Waals surface area contributed by atoms with Gasteiger partial charge < -0.3 is 9.15 Å². The van der Waals surface area contributed by atoms with Gasteiger partial charge in [0, 0.05) is 18.0 Å². The van der Waals surface area contributed by atoms with Gasteiger partial charge in [-0.3, -0.25) is 4.79 Å². The smallest absolute Gasteiger partial charge is 0.194 e. The molecule has 1 aromatic heterocycles. The minimum atomic E-state index is -0.121. The fourth-order valence-corrected chi connectivity index (χ4v) is 1.62. The normalized spacial score (nSPS) is 10.6. The molecule has 1 aromatic carbocycles. The minimum Gasteiger partial charge on any atom is -0.496 e. The predicted molar refractivity (Wildman–Crippen MR) is 57.8 cm³/mol. The van der Waals surface area contributed by atoms with Crippen LogP contribution in [0.2, 0.25) is 5.02 Å². The van der Waals surface area contributed by atoms with Crippen molar-refractivity contribution in [3.8, 4) is 5.75 Å². The van der Waals surface area contributed by atoms with E-state index in [9.17, 15) is 4.79 Å². The van der Waals surface area contributed by atoms with Crippen LogP contribution >= 0.6 is 11.6 Å². The molecule has 0 N–H and O–H groups in total. The number of methoxy groups -OCH3 is 1. The number of furan rings is 1. The van der Waals surface area contributed by atoms with Crippen LogP contribution in [0.5, 0.6) is 5.75 Å². The molecule has 15 heavy (non-hydrogen) atoms. The molecule has 0 fully saturated rings. The Balaban J connectivity index is 2.74. The Kier molecular flexibility index (Phi) is 2.40. The fourth-order valence-electron chi connectivity index (χ4n) is 1.42. The van der Waals surface area contributed by atoms with Crippen LogP contribution in [0.3, 0.4) is 0 Å². The molecule has 0 atom stereocenters. The summed E-state index contributed by atoms with van der Waals surface area (Å²) in [5.74, 6) is 0.795. The van der Waals surface area contributed by atoms with Crippen molar-refractivity contribution in [1.29, 1.82) is 0 Å². The van der Waals surface area contributed by atoms with E-state index in [1.54, 1.807) is 25.3 Å². The van der Waals surface area contributed by atoms with Gasteiger partial charge in [0.15, 0.2) is 11.5 Å². The molecule has 78 valence electrons. The summed E-state index contributed by atoms with van der Waals surface area (Å²) in [6.45, 7) is 1.45. The van der Waals surface area contributed by atoms with E-state index in [1.807, 2.05) is 0 Å². The van der Waals surface area contributed by atoms with E-state index in [0.29, 0.717) is 22.1 Å². The maximum absolute atomic E-state index is 11.1.